The van der Waals surface area contributed by atoms with Crippen molar-refractivity contribution < 1.29 is 75.0 Å². The molecule has 32 heavy (non-hydrogen) atoms. The predicted octanol–water partition coefficient (Wildman–Crippen LogP) is 1.05. The molecule has 4 rings (SSSR count). The van der Waals surface area contributed by atoms with Crippen molar-refractivity contribution in [2.45, 2.75) is 26.7 Å². The molecule has 2 amide bonds. The molecular formula is C21H25N7O2Y2-2. The van der Waals surface area contributed by atoms with Gasteiger partial charge in [-0.1, -0.05) is 11.4 Å². The first-order valence-electron chi connectivity index (χ1n) is 9.93. The minimum atomic E-state index is -0.174. The zero-order chi connectivity index (χ0) is 21.3. The van der Waals surface area contributed by atoms with Crippen LogP contribution >= 0.6 is 0 Å². The van der Waals surface area contributed by atoms with Gasteiger partial charge in [0.25, 0.3) is 0 Å². The molecule has 3 aromatic heterocycles. The van der Waals surface area contributed by atoms with E-state index in [1.165, 1.54) is 0 Å². The number of hydrogen-bond acceptors (Lipinski definition) is 4. The van der Waals surface area contributed by atoms with E-state index in [2.05, 4.69) is 42.7 Å². The van der Waals surface area contributed by atoms with Crippen molar-refractivity contribution in [3.05, 3.63) is 58.4 Å². The van der Waals surface area contributed by atoms with Crippen molar-refractivity contribution in [2.75, 3.05) is 18.8 Å². The van der Waals surface area contributed by atoms with Crippen molar-refractivity contribution in [1.82, 2.24) is 30.6 Å². The quantitative estimate of drug-likeness (QED) is 0.241. The van der Waals surface area contributed by atoms with Crippen LogP contribution in [-0.2, 0) is 78.3 Å². The average Bonchev–Trinajstić information content (AvgIpc) is 3.42. The molecule has 0 spiro atoms. The molecule has 164 valence electrons. The summed E-state index contributed by atoms with van der Waals surface area (Å²) in [6.45, 7) is 4.65. The van der Waals surface area contributed by atoms with E-state index >= 15 is 0 Å². The third-order valence-electron chi connectivity index (χ3n) is 5.52. The molecule has 2 atom stereocenters. The van der Waals surface area contributed by atoms with Gasteiger partial charge in [-0.05, 0) is 49.9 Å². The molecule has 3 heterocycles. The van der Waals surface area contributed by atoms with Crippen molar-refractivity contribution in [1.29, 1.82) is 0 Å². The molecule has 0 bridgehead atoms. The predicted molar refractivity (Wildman–Crippen MR) is 111 cm³/mol. The van der Waals surface area contributed by atoms with E-state index in [0.29, 0.717) is 43.3 Å². The molecule has 11 heteroatoms. The van der Waals surface area contributed by atoms with Crippen LogP contribution in [0.1, 0.15) is 43.8 Å². The maximum Gasteiger partial charge on any atom is 0.197 e. The van der Waals surface area contributed by atoms with Gasteiger partial charge in [-0.15, -0.1) is 0 Å². The Morgan fingerprint density at radius 3 is 1.94 bits per heavy atom. The van der Waals surface area contributed by atoms with E-state index in [0.717, 1.165) is 22.8 Å². The van der Waals surface area contributed by atoms with Gasteiger partial charge in [-0.3, -0.25) is 9.59 Å². The summed E-state index contributed by atoms with van der Waals surface area (Å²) in [5.41, 5.74) is 10.3. The first kappa shape index (κ1) is 27.0. The Morgan fingerprint density at radius 1 is 0.969 bits per heavy atom. The number of nitrogens with zero attached hydrogens (tertiary/aromatic N) is 1. The third kappa shape index (κ3) is 6.40. The molecule has 0 saturated heterocycles. The number of fused-ring (bicyclic) bond motifs is 1. The fourth-order valence-corrected chi connectivity index (χ4v) is 3.92. The summed E-state index contributed by atoms with van der Waals surface area (Å²) in [4.78, 5) is 38.3. The van der Waals surface area contributed by atoms with Crippen molar-refractivity contribution in [2.24, 2.45) is 11.8 Å². The number of nitrogen functional groups attached to an aromatic ring is 1. The zero-order valence-electron chi connectivity index (χ0n) is 18.1. The van der Waals surface area contributed by atoms with E-state index in [1.54, 1.807) is 12.1 Å². The molecule has 1 aliphatic carbocycles. The first-order valence-corrected chi connectivity index (χ1v) is 9.93. The van der Waals surface area contributed by atoms with E-state index in [-0.39, 0.29) is 89.1 Å². The van der Waals surface area contributed by atoms with Crippen LogP contribution in [0.3, 0.4) is 0 Å². The second-order valence-electron chi connectivity index (χ2n) is 7.80. The maximum absolute atomic E-state index is 12.4. The molecule has 0 aromatic carbocycles. The van der Waals surface area contributed by atoms with Crippen LogP contribution in [0.15, 0.2) is 12.1 Å². The number of aromatic nitrogens is 4. The molecule has 7 N–H and O–H groups in total. The Labute approximate surface area is 237 Å². The SMILES string of the molecule is Cc1[c-]cc(C(=O)NC[C@H]2Cc3nc(N)[nH]c3C[C@@H]2CNC(=O)c2c[c-]c(C)[nH]2)[nH]1.[Y].[Y]. The van der Waals surface area contributed by atoms with Gasteiger partial charge in [-0.2, -0.15) is 0 Å². The number of amides is 2. The van der Waals surface area contributed by atoms with Gasteiger partial charge in [0, 0.05) is 84.2 Å². The molecule has 0 aliphatic heterocycles. The van der Waals surface area contributed by atoms with Gasteiger partial charge in [0.05, 0.1) is 5.69 Å². The number of aromatic amines is 3. The fraction of sp³-hybridized carbons (Fsp3) is 0.381. The number of rotatable bonds is 6. The Bertz CT molecular complexity index is 990. The van der Waals surface area contributed by atoms with Gasteiger partial charge in [-0.25, -0.2) is 29.2 Å². The summed E-state index contributed by atoms with van der Waals surface area (Å²) in [5.74, 6) is 0.281. The molecule has 0 saturated carbocycles. The van der Waals surface area contributed by atoms with Crippen LogP contribution in [0, 0.1) is 37.8 Å². The number of H-pyrrole nitrogens is 3. The summed E-state index contributed by atoms with van der Waals surface area (Å²) in [6, 6.07) is 9.22. The van der Waals surface area contributed by atoms with Gasteiger partial charge in [0.2, 0.25) is 0 Å². The molecule has 0 unspecified atom stereocenters. The van der Waals surface area contributed by atoms with Gasteiger partial charge >= 0.3 is 0 Å². The van der Waals surface area contributed by atoms with Gasteiger partial charge in [0.1, 0.15) is 0 Å². The van der Waals surface area contributed by atoms with Crippen molar-refractivity contribution in [3.63, 3.8) is 0 Å². The van der Waals surface area contributed by atoms with Crippen LogP contribution in [-0.4, -0.2) is 44.8 Å². The van der Waals surface area contributed by atoms with E-state index < -0.39 is 0 Å². The Kier molecular flexibility index (Phi) is 9.88. The van der Waals surface area contributed by atoms with Crippen LogP contribution < -0.4 is 16.4 Å². The van der Waals surface area contributed by atoms with E-state index in [4.69, 9.17) is 5.73 Å². The number of carbonyl (C=O) groups is 2. The Morgan fingerprint density at radius 2 is 1.47 bits per heavy atom. The Balaban J connectivity index is 0.00000181. The number of anilines is 1. The summed E-state index contributed by atoms with van der Waals surface area (Å²) in [5, 5.41) is 5.98. The zero-order valence-corrected chi connectivity index (χ0v) is 23.8. The number of nitrogens with one attached hydrogen (secondary N) is 5. The largest absolute Gasteiger partial charge is 0.447 e. The summed E-state index contributed by atoms with van der Waals surface area (Å²) >= 11 is 0. The molecule has 2 radical (unpaired) electrons. The summed E-state index contributed by atoms with van der Waals surface area (Å²) in [6.07, 6.45) is 1.38. The monoisotopic (exact) mass is 585 g/mol. The topological polar surface area (TPSA) is 144 Å². The average molecular weight is 585 g/mol. The van der Waals surface area contributed by atoms with E-state index in [1.807, 2.05) is 13.8 Å². The van der Waals surface area contributed by atoms with Crippen LogP contribution in [0.4, 0.5) is 5.95 Å². The van der Waals surface area contributed by atoms with Crippen LogP contribution in [0.2, 0.25) is 0 Å². The minimum Gasteiger partial charge on any atom is -0.447 e. The second-order valence-corrected chi connectivity index (χ2v) is 7.80. The standard InChI is InChI=1S/C21H25N7O2.2Y/c1-11-3-5-15(25-11)19(29)23-9-13-7-17-18(28-21(22)27-17)8-14(13)10-24-20(30)16-6-4-12(2)26-16;;/h5-6,13-14,25-26H,7-10H2,1-2H3,(H,23,29)(H,24,30)(H3,22,27,28);;/q-2;;/t13-,14-;;/m1../s1. The number of imidazole rings is 1. The minimum absolute atomic E-state index is 0. The van der Waals surface area contributed by atoms with Crippen LogP contribution in [0.25, 0.3) is 0 Å². The molecular weight excluding hydrogens is 560 g/mol. The number of nitrogens with two attached hydrogens (primary N) is 1. The van der Waals surface area contributed by atoms with Gasteiger partial charge in [0.15, 0.2) is 17.8 Å². The Hall–Kier alpha value is -1.28. The number of aryl methyl sites for hydroxylation is 2. The summed E-state index contributed by atoms with van der Waals surface area (Å²) in [7, 11) is 0. The number of hydrogen-bond donors (Lipinski definition) is 6. The maximum atomic E-state index is 12.4. The molecule has 3 aromatic rings. The second kappa shape index (κ2) is 11.7. The smallest absolute Gasteiger partial charge is 0.197 e. The molecule has 0 fully saturated rings. The van der Waals surface area contributed by atoms with E-state index in [9.17, 15) is 9.59 Å². The normalized spacial score (nSPS) is 16.9. The molecule has 1 aliphatic rings. The first-order chi connectivity index (χ1) is 14.4. The van der Waals surface area contributed by atoms with Crippen molar-refractivity contribution in [3.8, 4) is 0 Å². The van der Waals surface area contributed by atoms with Gasteiger partial charge < -0.3 is 31.3 Å². The van der Waals surface area contributed by atoms with Crippen LogP contribution in [0.5, 0.6) is 0 Å². The molecule has 9 nitrogen and oxygen atoms in total. The number of carbonyl (C=O) groups excluding carboxylic acids is 2. The van der Waals surface area contributed by atoms with Crippen molar-refractivity contribution >= 4 is 17.8 Å². The third-order valence-corrected chi connectivity index (χ3v) is 5.52. The fourth-order valence-electron chi connectivity index (χ4n) is 3.92. The summed E-state index contributed by atoms with van der Waals surface area (Å²) < 4.78 is 0.